The quantitative estimate of drug-likeness (QED) is 0.655. The van der Waals surface area contributed by atoms with Crippen LogP contribution in [0.4, 0.5) is 0 Å². The Bertz CT molecular complexity index is 297. The summed E-state index contributed by atoms with van der Waals surface area (Å²) in [5.41, 5.74) is -0.281. The number of methoxy groups -OCH3 is 1. The Morgan fingerprint density at radius 3 is 2.56 bits per heavy atom. The van der Waals surface area contributed by atoms with Crippen LogP contribution in [-0.4, -0.2) is 46.5 Å². The maximum atomic E-state index is 11.8. The lowest BCUT2D eigenvalue weighted by molar-refractivity contribution is 0.199. The van der Waals surface area contributed by atoms with Gasteiger partial charge in [-0.25, -0.2) is 13.1 Å². The van der Waals surface area contributed by atoms with E-state index in [1.165, 1.54) is 0 Å². The molecule has 0 bridgehead atoms. The van der Waals surface area contributed by atoms with Crippen LogP contribution in [0.1, 0.15) is 26.2 Å². The third-order valence-corrected chi connectivity index (χ3v) is 4.50. The number of hydrogen-bond donors (Lipinski definition) is 2. The van der Waals surface area contributed by atoms with E-state index in [2.05, 4.69) is 10.0 Å². The van der Waals surface area contributed by atoms with E-state index in [1.54, 1.807) is 7.11 Å². The van der Waals surface area contributed by atoms with Crippen molar-refractivity contribution in [3.63, 3.8) is 0 Å². The number of sulfonamides is 1. The summed E-state index contributed by atoms with van der Waals surface area (Å²) in [7, 11) is -1.59. The molecule has 1 saturated heterocycles. The highest BCUT2D eigenvalue weighted by Crippen LogP contribution is 2.18. The molecule has 1 heterocycles. The van der Waals surface area contributed by atoms with E-state index in [-0.39, 0.29) is 11.3 Å². The fraction of sp³-hybridized carbons (Fsp3) is 1.00. The Labute approximate surface area is 98.0 Å². The van der Waals surface area contributed by atoms with Gasteiger partial charge >= 0.3 is 0 Å². The van der Waals surface area contributed by atoms with Crippen LogP contribution < -0.4 is 10.0 Å². The van der Waals surface area contributed by atoms with Crippen LogP contribution in [0.15, 0.2) is 0 Å². The summed E-state index contributed by atoms with van der Waals surface area (Å²) >= 11 is 0. The molecule has 6 heteroatoms. The molecule has 0 aromatic rings. The molecule has 1 aliphatic rings. The molecule has 0 radical (unpaired) electrons. The minimum absolute atomic E-state index is 0.143. The molecule has 0 amide bonds. The van der Waals surface area contributed by atoms with Crippen molar-refractivity contribution in [1.29, 1.82) is 0 Å². The van der Waals surface area contributed by atoms with Gasteiger partial charge in [-0.05, 0) is 39.3 Å². The molecule has 0 aromatic heterocycles. The van der Waals surface area contributed by atoms with Crippen molar-refractivity contribution in [2.24, 2.45) is 0 Å². The van der Waals surface area contributed by atoms with Gasteiger partial charge in [0.1, 0.15) is 0 Å². The van der Waals surface area contributed by atoms with Gasteiger partial charge in [-0.2, -0.15) is 0 Å². The van der Waals surface area contributed by atoms with Crippen LogP contribution in [0.3, 0.4) is 0 Å². The Morgan fingerprint density at radius 2 is 2.00 bits per heavy atom. The lowest BCUT2D eigenvalue weighted by atomic mass is 9.92. The molecular formula is C10H22N2O3S. The zero-order valence-electron chi connectivity index (χ0n) is 10.1. The fourth-order valence-electron chi connectivity index (χ4n) is 1.90. The summed E-state index contributed by atoms with van der Waals surface area (Å²) in [6.45, 7) is 4.20. The first-order valence-electron chi connectivity index (χ1n) is 5.69. The second-order valence-corrected chi connectivity index (χ2v) is 6.42. The highest BCUT2D eigenvalue weighted by molar-refractivity contribution is 7.89. The third-order valence-electron chi connectivity index (χ3n) is 2.87. The average molecular weight is 250 g/mol. The molecule has 0 spiro atoms. The Kier molecular flexibility index (Phi) is 5.17. The molecular weight excluding hydrogens is 228 g/mol. The van der Waals surface area contributed by atoms with Gasteiger partial charge < -0.3 is 10.1 Å². The summed E-state index contributed by atoms with van der Waals surface area (Å²) in [6.07, 6.45) is 2.23. The number of rotatable bonds is 6. The van der Waals surface area contributed by atoms with Gasteiger partial charge in [0.2, 0.25) is 10.0 Å². The minimum atomic E-state index is -3.17. The van der Waals surface area contributed by atoms with Crippen LogP contribution in [0.2, 0.25) is 0 Å². The molecule has 1 aliphatic heterocycles. The van der Waals surface area contributed by atoms with Gasteiger partial charge in [-0.15, -0.1) is 0 Å². The van der Waals surface area contributed by atoms with E-state index in [9.17, 15) is 8.42 Å². The highest BCUT2D eigenvalue weighted by atomic mass is 32.2. The normalized spacial score (nSPS) is 20.9. The van der Waals surface area contributed by atoms with Crippen LogP contribution in [0.25, 0.3) is 0 Å². The van der Waals surface area contributed by atoms with Gasteiger partial charge in [-0.3, -0.25) is 0 Å². The lowest BCUT2D eigenvalue weighted by Crippen LogP contribution is -2.52. The van der Waals surface area contributed by atoms with E-state index >= 15 is 0 Å². The summed E-state index contributed by atoms with van der Waals surface area (Å²) in [5.74, 6) is 0.143. The zero-order valence-corrected chi connectivity index (χ0v) is 10.9. The first kappa shape index (κ1) is 13.9. The topological polar surface area (TPSA) is 67.4 Å². The zero-order chi connectivity index (χ0) is 12.1. The molecule has 16 heavy (non-hydrogen) atoms. The van der Waals surface area contributed by atoms with Crippen molar-refractivity contribution in [2.75, 3.05) is 32.6 Å². The Balaban J connectivity index is 2.44. The molecule has 0 aromatic carbocycles. The Morgan fingerprint density at radius 1 is 1.38 bits per heavy atom. The molecule has 0 aliphatic carbocycles. The van der Waals surface area contributed by atoms with Crippen molar-refractivity contribution in [2.45, 2.75) is 31.7 Å². The van der Waals surface area contributed by atoms with Crippen LogP contribution in [0.5, 0.6) is 0 Å². The molecule has 1 rings (SSSR count). The second kappa shape index (κ2) is 5.95. The molecule has 0 saturated carbocycles. The first-order chi connectivity index (χ1) is 7.47. The van der Waals surface area contributed by atoms with Gasteiger partial charge in [0, 0.05) is 19.3 Å². The van der Waals surface area contributed by atoms with Crippen molar-refractivity contribution < 1.29 is 13.2 Å². The van der Waals surface area contributed by atoms with Gasteiger partial charge in [0.25, 0.3) is 0 Å². The minimum Gasteiger partial charge on any atom is -0.385 e. The number of hydrogen-bond acceptors (Lipinski definition) is 4. The van der Waals surface area contributed by atoms with Crippen molar-refractivity contribution in [1.82, 2.24) is 10.0 Å². The second-order valence-electron chi connectivity index (χ2n) is 4.58. The summed E-state index contributed by atoms with van der Waals surface area (Å²) in [5, 5.41) is 3.22. The van der Waals surface area contributed by atoms with Gasteiger partial charge in [0.05, 0.1) is 5.75 Å². The fourth-order valence-corrected chi connectivity index (χ4v) is 3.46. The maximum Gasteiger partial charge on any atom is 0.212 e. The lowest BCUT2D eigenvalue weighted by Gasteiger charge is -2.34. The van der Waals surface area contributed by atoms with Gasteiger partial charge in [-0.1, -0.05) is 0 Å². The molecule has 0 atom stereocenters. The van der Waals surface area contributed by atoms with Crippen molar-refractivity contribution >= 4 is 10.0 Å². The molecule has 0 unspecified atom stereocenters. The van der Waals surface area contributed by atoms with Crippen LogP contribution in [0, 0.1) is 0 Å². The summed E-state index contributed by atoms with van der Waals surface area (Å²) in [4.78, 5) is 0. The van der Waals surface area contributed by atoms with Gasteiger partial charge in [0.15, 0.2) is 0 Å². The van der Waals surface area contributed by atoms with E-state index < -0.39 is 10.0 Å². The van der Waals surface area contributed by atoms with Crippen molar-refractivity contribution in [3.8, 4) is 0 Å². The molecule has 5 nitrogen and oxygen atoms in total. The Hall–Kier alpha value is -0.170. The third kappa shape index (κ3) is 4.78. The summed E-state index contributed by atoms with van der Waals surface area (Å²) < 4.78 is 31.2. The molecule has 96 valence electrons. The van der Waals surface area contributed by atoms with Crippen LogP contribution >= 0.6 is 0 Å². The molecule has 2 N–H and O–H groups in total. The highest BCUT2D eigenvalue weighted by Gasteiger charge is 2.30. The van der Waals surface area contributed by atoms with Crippen LogP contribution in [-0.2, 0) is 14.8 Å². The SMILES string of the molecule is COCCCS(=O)(=O)NC1(C)CCNCC1. The van der Waals surface area contributed by atoms with E-state index in [0.29, 0.717) is 13.0 Å². The molecule has 1 fully saturated rings. The summed E-state index contributed by atoms with van der Waals surface area (Å²) in [6, 6.07) is 0. The number of piperidine rings is 1. The van der Waals surface area contributed by atoms with E-state index in [0.717, 1.165) is 25.9 Å². The predicted octanol–water partition coefficient (Wildman–Crippen LogP) is 0.0844. The standard InChI is InChI=1S/C10H22N2O3S/c1-10(4-6-11-7-5-10)12-16(13,14)9-3-8-15-2/h11-12H,3-9H2,1-2H3. The maximum absolute atomic E-state index is 11.8. The average Bonchev–Trinajstić information content (AvgIpc) is 2.17. The monoisotopic (exact) mass is 250 g/mol. The van der Waals surface area contributed by atoms with E-state index in [1.807, 2.05) is 6.92 Å². The predicted molar refractivity (Wildman–Crippen MR) is 63.9 cm³/mol. The smallest absolute Gasteiger partial charge is 0.212 e. The first-order valence-corrected chi connectivity index (χ1v) is 7.34. The number of nitrogens with one attached hydrogen (secondary N) is 2. The van der Waals surface area contributed by atoms with E-state index in [4.69, 9.17) is 4.74 Å². The number of ether oxygens (including phenoxy) is 1. The van der Waals surface area contributed by atoms with Crippen molar-refractivity contribution in [3.05, 3.63) is 0 Å². The largest absolute Gasteiger partial charge is 0.385 e.